The highest BCUT2D eigenvalue weighted by molar-refractivity contribution is 6.13. The van der Waals surface area contributed by atoms with Gasteiger partial charge < -0.3 is 5.11 Å². The maximum atomic E-state index is 11.0. The number of fused-ring (bicyclic) bond motifs is 4. The summed E-state index contributed by atoms with van der Waals surface area (Å²) >= 11 is 0. The van der Waals surface area contributed by atoms with Crippen molar-refractivity contribution in [2.45, 2.75) is 13.8 Å². The molecule has 0 amide bonds. The summed E-state index contributed by atoms with van der Waals surface area (Å²) in [5, 5.41) is 19.7. The SMILES string of the molecule is Cc1ccc2cc3c(O)c4cc5ccccc5cc4cc3cc2c1C. The van der Waals surface area contributed by atoms with Gasteiger partial charge in [-0.25, -0.2) is 0 Å². The van der Waals surface area contributed by atoms with Crippen LogP contribution in [0, 0.1) is 13.8 Å². The summed E-state index contributed by atoms with van der Waals surface area (Å²) in [5.41, 5.74) is 2.60. The average molecular weight is 322 g/mol. The lowest BCUT2D eigenvalue weighted by Crippen LogP contribution is -1.86. The van der Waals surface area contributed by atoms with E-state index in [1.807, 2.05) is 6.07 Å². The molecule has 1 N–H and O–H groups in total. The molecule has 5 aromatic rings. The normalized spacial score (nSPS) is 11.8. The molecular formula is C24H18O. The second-order valence-electron chi connectivity index (χ2n) is 6.95. The van der Waals surface area contributed by atoms with Crippen LogP contribution in [0.25, 0.3) is 43.1 Å². The lowest BCUT2D eigenvalue weighted by Gasteiger charge is -2.12. The van der Waals surface area contributed by atoms with Crippen molar-refractivity contribution in [1.82, 2.24) is 0 Å². The molecule has 0 aliphatic rings. The van der Waals surface area contributed by atoms with Gasteiger partial charge >= 0.3 is 0 Å². The van der Waals surface area contributed by atoms with E-state index in [2.05, 4.69) is 74.5 Å². The Morgan fingerprint density at radius 1 is 0.560 bits per heavy atom. The third-order valence-electron chi connectivity index (χ3n) is 5.47. The highest BCUT2D eigenvalue weighted by Crippen LogP contribution is 2.38. The Hall–Kier alpha value is -3.06. The topological polar surface area (TPSA) is 20.2 Å². The van der Waals surface area contributed by atoms with Crippen molar-refractivity contribution in [3.63, 3.8) is 0 Å². The number of aryl methyl sites for hydroxylation is 2. The third-order valence-corrected chi connectivity index (χ3v) is 5.47. The molecule has 0 radical (unpaired) electrons. The van der Waals surface area contributed by atoms with E-state index < -0.39 is 0 Å². The van der Waals surface area contributed by atoms with Crippen LogP contribution in [0.1, 0.15) is 11.1 Å². The fourth-order valence-corrected chi connectivity index (χ4v) is 3.87. The molecule has 0 aliphatic carbocycles. The minimum atomic E-state index is 0.374. The predicted molar refractivity (Wildman–Crippen MR) is 108 cm³/mol. The number of phenols is 1. The first-order valence-corrected chi connectivity index (χ1v) is 8.60. The zero-order valence-corrected chi connectivity index (χ0v) is 14.3. The summed E-state index contributed by atoms with van der Waals surface area (Å²) in [6.45, 7) is 4.31. The molecule has 0 saturated heterocycles. The van der Waals surface area contributed by atoms with Crippen LogP contribution in [-0.2, 0) is 0 Å². The van der Waals surface area contributed by atoms with Crippen LogP contribution in [0.5, 0.6) is 5.75 Å². The van der Waals surface area contributed by atoms with Gasteiger partial charge in [0.25, 0.3) is 0 Å². The van der Waals surface area contributed by atoms with E-state index in [0.717, 1.165) is 26.9 Å². The molecule has 0 bridgehead atoms. The molecule has 0 aromatic heterocycles. The molecule has 0 saturated carbocycles. The Kier molecular flexibility index (Phi) is 2.84. The van der Waals surface area contributed by atoms with Crippen molar-refractivity contribution in [1.29, 1.82) is 0 Å². The standard InChI is InChI=1S/C24H18O/c1-14-7-8-18-12-23-20(13-21(18)15(14)2)10-19-9-16-5-3-4-6-17(16)11-22(19)24(23)25/h3-13,25H,1-2H3. The quantitative estimate of drug-likeness (QED) is 0.318. The molecule has 1 nitrogen and oxygen atoms in total. The van der Waals surface area contributed by atoms with Crippen LogP contribution in [-0.4, -0.2) is 5.11 Å². The first kappa shape index (κ1) is 14.3. The van der Waals surface area contributed by atoms with Gasteiger partial charge in [-0.05, 0) is 87.6 Å². The van der Waals surface area contributed by atoms with Gasteiger partial charge in [0.1, 0.15) is 5.75 Å². The number of phenolic OH excluding ortho intramolecular Hbond substituents is 1. The maximum absolute atomic E-state index is 11.0. The Morgan fingerprint density at radius 3 is 1.88 bits per heavy atom. The summed E-state index contributed by atoms with van der Waals surface area (Å²) in [6, 6.07) is 23.3. The minimum absolute atomic E-state index is 0.374. The number of aromatic hydroxyl groups is 1. The van der Waals surface area contributed by atoms with Crippen LogP contribution in [0.15, 0.2) is 66.7 Å². The molecule has 0 fully saturated rings. The Labute approximate surface area is 146 Å². The molecule has 25 heavy (non-hydrogen) atoms. The molecule has 0 spiro atoms. The largest absolute Gasteiger partial charge is 0.507 e. The van der Waals surface area contributed by atoms with Gasteiger partial charge in [-0.3, -0.25) is 0 Å². The monoisotopic (exact) mass is 322 g/mol. The number of hydrogen-bond acceptors (Lipinski definition) is 1. The first-order chi connectivity index (χ1) is 12.1. The van der Waals surface area contributed by atoms with Crippen molar-refractivity contribution in [2.75, 3.05) is 0 Å². The summed E-state index contributed by atoms with van der Waals surface area (Å²) < 4.78 is 0. The van der Waals surface area contributed by atoms with Gasteiger partial charge in [0, 0.05) is 10.8 Å². The van der Waals surface area contributed by atoms with Crippen molar-refractivity contribution in [3.05, 3.63) is 77.9 Å². The molecular weight excluding hydrogens is 304 g/mol. The highest BCUT2D eigenvalue weighted by atomic mass is 16.3. The summed E-state index contributed by atoms with van der Waals surface area (Å²) in [4.78, 5) is 0. The maximum Gasteiger partial charge on any atom is 0.131 e. The van der Waals surface area contributed by atoms with E-state index in [0.29, 0.717) is 5.75 Å². The highest BCUT2D eigenvalue weighted by Gasteiger charge is 2.10. The second-order valence-corrected chi connectivity index (χ2v) is 6.95. The molecule has 0 atom stereocenters. The average Bonchev–Trinajstić information content (AvgIpc) is 2.63. The van der Waals surface area contributed by atoms with E-state index in [9.17, 15) is 5.11 Å². The molecule has 5 aromatic carbocycles. The van der Waals surface area contributed by atoms with Crippen molar-refractivity contribution >= 4 is 43.1 Å². The Balaban J connectivity index is 1.97. The zero-order valence-electron chi connectivity index (χ0n) is 14.3. The molecule has 0 aliphatic heterocycles. The fourth-order valence-electron chi connectivity index (χ4n) is 3.87. The molecule has 5 rings (SSSR count). The van der Waals surface area contributed by atoms with Gasteiger partial charge in [-0.2, -0.15) is 0 Å². The van der Waals surface area contributed by atoms with E-state index in [-0.39, 0.29) is 0 Å². The molecule has 0 unspecified atom stereocenters. The Bertz CT molecular complexity index is 1310. The van der Waals surface area contributed by atoms with Crippen LogP contribution >= 0.6 is 0 Å². The number of benzene rings is 5. The fraction of sp³-hybridized carbons (Fsp3) is 0.0833. The third kappa shape index (κ3) is 2.02. The van der Waals surface area contributed by atoms with Crippen LogP contribution in [0.3, 0.4) is 0 Å². The van der Waals surface area contributed by atoms with Gasteiger partial charge in [0.15, 0.2) is 0 Å². The van der Waals surface area contributed by atoms with Gasteiger partial charge in [-0.1, -0.05) is 36.4 Å². The lowest BCUT2D eigenvalue weighted by molar-refractivity contribution is 0.488. The van der Waals surface area contributed by atoms with E-state index >= 15 is 0 Å². The predicted octanol–water partition coefficient (Wildman–Crippen LogP) is 6.62. The molecule has 120 valence electrons. The first-order valence-electron chi connectivity index (χ1n) is 8.60. The molecule has 1 heteroatoms. The van der Waals surface area contributed by atoms with Crippen molar-refractivity contribution in [3.8, 4) is 5.75 Å². The van der Waals surface area contributed by atoms with Crippen molar-refractivity contribution < 1.29 is 5.11 Å². The minimum Gasteiger partial charge on any atom is -0.507 e. The van der Waals surface area contributed by atoms with E-state index in [1.54, 1.807) is 0 Å². The number of hydrogen-bond donors (Lipinski definition) is 1. The smallest absolute Gasteiger partial charge is 0.131 e. The second kappa shape index (κ2) is 4.97. The summed E-state index contributed by atoms with van der Waals surface area (Å²) in [7, 11) is 0. The molecule has 0 heterocycles. The summed E-state index contributed by atoms with van der Waals surface area (Å²) in [5.74, 6) is 0.374. The van der Waals surface area contributed by atoms with Gasteiger partial charge in [0.05, 0.1) is 0 Å². The van der Waals surface area contributed by atoms with Crippen molar-refractivity contribution in [2.24, 2.45) is 0 Å². The van der Waals surface area contributed by atoms with E-state index in [4.69, 9.17) is 0 Å². The zero-order chi connectivity index (χ0) is 17.1. The number of rotatable bonds is 0. The van der Waals surface area contributed by atoms with Gasteiger partial charge in [0.2, 0.25) is 0 Å². The Morgan fingerprint density at radius 2 is 1.12 bits per heavy atom. The lowest BCUT2D eigenvalue weighted by atomic mass is 9.94. The summed E-state index contributed by atoms with van der Waals surface area (Å²) in [6.07, 6.45) is 0. The van der Waals surface area contributed by atoms with Crippen LogP contribution in [0.4, 0.5) is 0 Å². The van der Waals surface area contributed by atoms with E-state index in [1.165, 1.54) is 27.3 Å². The van der Waals surface area contributed by atoms with Crippen LogP contribution in [0.2, 0.25) is 0 Å². The van der Waals surface area contributed by atoms with Gasteiger partial charge in [-0.15, -0.1) is 0 Å². The van der Waals surface area contributed by atoms with Crippen LogP contribution < -0.4 is 0 Å².